The van der Waals surface area contributed by atoms with Gasteiger partial charge in [0.05, 0.1) is 22.4 Å². The van der Waals surface area contributed by atoms with Gasteiger partial charge >= 0.3 is 0 Å². The Morgan fingerprint density at radius 1 is 1.19 bits per heavy atom. The largest absolute Gasteiger partial charge is 0.492 e. The van der Waals surface area contributed by atoms with E-state index in [2.05, 4.69) is 9.97 Å². The molecule has 0 aliphatic carbocycles. The maximum absolute atomic E-state index is 12.4. The maximum Gasteiger partial charge on any atom is 0.263 e. The van der Waals surface area contributed by atoms with E-state index in [4.69, 9.17) is 16.2 Å². The molecule has 4 N–H and O–H groups in total. The molecule has 27 heavy (non-hydrogen) atoms. The number of fused-ring (bicyclic) bond motifs is 1. The number of thiophene rings is 1. The molecule has 1 amide bonds. The van der Waals surface area contributed by atoms with Gasteiger partial charge in [-0.3, -0.25) is 4.79 Å². The number of nitrogens with two attached hydrogens (primary N) is 2. The van der Waals surface area contributed by atoms with Crippen molar-refractivity contribution in [2.24, 2.45) is 5.92 Å². The van der Waals surface area contributed by atoms with E-state index in [9.17, 15) is 4.79 Å². The van der Waals surface area contributed by atoms with Gasteiger partial charge < -0.3 is 21.1 Å². The van der Waals surface area contributed by atoms with Crippen LogP contribution in [0.4, 0.5) is 11.8 Å². The number of piperidine rings is 1. The summed E-state index contributed by atoms with van der Waals surface area (Å²) in [5.41, 5.74) is 12.3. The molecule has 1 aliphatic rings. The number of hydrogen-bond acceptors (Lipinski definition) is 7. The molecule has 1 aromatic carbocycles. The molecule has 0 bridgehead atoms. The molecule has 0 spiro atoms. The van der Waals surface area contributed by atoms with Gasteiger partial charge in [-0.25, -0.2) is 4.98 Å². The molecule has 0 radical (unpaired) electrons. The molecule has 2 aromatic heterocycles. The van der Waals surface area contributed by atoms with Crippen LogP contribution in [-0.2, 0) is 0 Å². The van der Waals surface area contributed by atoms with E-state index >= 15 is 0 Å². The van der Waals surface area contributed by atoms with Crippen molar-refractivity contribution >= 4 is 39.9 Å². The first kappa shape index (κ1) is 17.5. The van der Waals surface area contributed by atoms with Gasteiger partial charge in [-0.1, -0.05) is 12.1 Å². The summed E-state index contributed by atoms with van der Waals surface area (Å²) >= 11 is 1.49. The first-order valence-electron chi connectivity index (χ1n) is 8.89. The highest BCUT2D eigenvalue weighted by Crippen LogP contribution is 2.30. The first-order valence-corrected chi connectivity index (χ1v) is 9.77. The molecule has 140 valence electrons. The maximum atomic E-state index is 12.4. The zero-order valence-electron chi connectivity index (χ0n) is 14.8. The molecular weight excluding hydrogens is 362 g/mol. The van der Waals surface area contributed by atoms with Gasteiger partial charge in [0, 0.05) is 13.1 Å². The predicted octanol–water partition coefficient (Wildman–Crippen LogP) is 2.79. The van der Waals surface area contributed by atoms with Gasteiger partial charge in [0.1, 0.15) is 11.6 Å². The normalized spacial score (nSPS) is 15.2. The lowest BCUT2D eigenvalue weighted by Gasteiger charge is -2.31. The fourth-order valence-corrected chi connectivity index (χ4v) is 4.08. The summed E-state index contributed by atoms with van der Waals surface area (Å²) in [6.07, 6.45) is 1.83. The fraction of sp³-hybridized carbons (Fsp3) is 0.316. The van der Waals surface area contributed by atoms with E-state index in [1.165, 1.54) is 11.3 Å². The second-order valence-electron chi connectivity index (χ2n) is 6.64. The van der Waals surface area contributed by atoms with E-state index in [1.807, 2.05) is 40.6 Å². The Morgan fingerprint density at radius 3 is 2.74 bits per heavy atom. The minimum absolute atomic E-state index is 0.126. The Labute approximate surface area is 161 Å². The number of rotatable bonds is 4. The highest BCUT2D eigenvalue weighted by molar-refractivity contribution is 7.12. The van der Waals surface area contributed by atoms with Crippen molar-refractivity contribution in [3.05, 3.63) is 40.6 Å². The van der Waals surface area contributed by atoms with Crippen molar-refractivity contribution in [3.63, 3.8) is 0 Å². The second-order valence-corrected chi connectivity index (χ2v) is 7.59. The van der Waals surface area contributed by atoms with Crippen molar-refractivity contribution in [2.45, 2.75) is 12.8 Å². The van der Waals surface area contributed by atoms with Gasteiger partial charge in [0.15, 0.2) is 0 Å². The number of carbonyl (C=O) groups is 1. The summed E-state index contributed by atoms with van der Waals surface area (Å²) in [6.45, 7) is 2.08. The van der Waals surface area contributed by atoms with Gasteiger partial charge in [-0.2, -0.15) is 4.98 Å². The number of nitrogen functional groups attached to an aromatic ring is 2. The number of nitrogens with zero attached hydrogens (tertiary/aromatic N) is 3. The second kappa shape index (κ2) is 7.40. The van der Waals surface area contributed by atoms with E-state index in [-0.39, 0.29) is 11.9 Å². The highest BCUT2D eigenvalue weighted by atomic mass is 32.1. The predicted molar refractivity (Wildman–Crippen MR) is 107 cm³/mol. The minimum Gasteiger partial charge on any atom is -0.492 e. The fourth-order valence-electron chi connectivity index (χ4n) is 3.38. The number of benzene rings is 1. The smallest absolute Gasteiger partial charge is 0.263 e. The van der Waals surface area contributed by atoms with Crippen LogP contribution in [0, 0.1) is 5.92 Å². The quantitative estimate of drug-likeness (QED) is 0.717. The van der Waals surface area contributed by atoms with Crippen LogP contribution in [0.3, 0.4) is 0 Å². The van der Waals surface area contributed by atoms with Crippen LogP contribution in [0.2, 0.25) is 0 Å². The lowest BCUT2D eigenvalue weighted by molar-refractivity contribution is 0.0666. The Bertz CT molecular complexity index is 952. The topological polar surface area (TPSA) is 107 Å². The molecule has 8 heteroatoms. The molecule has 0 unspecified atom stereocenters. The summed E-state index contributed by atoms with van der Waals surface area (Å²) in [5.74, 6) is 1.66. The lowest BCUT2D eigenvalue weighted by atomic mass is 9.97. The number of ether oxygens (including phenoxy) is 1. The van der Waals surface area contributed by atoms with Gasteiger partial charge in [0.2, 0.25) is 5.95 Å². The number of likely N-dealkylation sites (tertiary alicyclic amines) is 1. The standard InChI is InChI=1S/C19H21N5O2S/c20-17-16-13(22-19(21)23-17)3-1-4-14(16)26-11-12-6-8-24(9-7-12)18(25)15-5-2-10-27-15/h1-5,10,12H,6-9,11H2,(H4,20,21,22,23). The van der Waals surface area contributed by atoms with Crippen LogP contribution in [-0.4, -0.2) is 40.5 Å². The molecular formula is C19H21N5O2S. The summed E-state index contributed by atoms with van der Waals surface area (Å²) in [5, 5.41) is 2.62. The Morgan fingerprint density at radius 2 is 2.00 bits per heavy atom. The molecule has 3 aromatic rings. The van der Waals surface area contributed by atoms with Crippen molar-refractivity contribution in [3.8, 4) is 5.75 Å². The van der Waals surface area contributed by atoms with Crippen LogP contribution in [0.1, 0.15) is 22.5 Å². The molecule has 1 saturated heterocycles. The van der Waals surface area contributed by atoms with Crippen molar-refractivity contribution < 1.29 is 9.53 Å². The van der Waals surface area contributed by atoms with Crippen molar-refractivity contribution in [1.82, 2.24) is 14.9 Å². The van der Waals surface area contributed by atoms with E-state index in [0.29, 0.717) is 35.0 Å². The zero-order chi connectivity index (χ0) is 18.8. The van der Waals surface area contributed by atoms with Crippen molar-refractivity contribution in [1.29, 1.82) is 0 Å². The number of aromatic nitrogens is 2. The average molecular weight is 383 g/mol. The zero-order valence-corrected chi connectivity index (χ0v) is 15.6. The third-order valence-electron chi connectivity index (χ3n) is 4.84. The van der Waals surface area contributed by atoms with Crippen LogP contribution >= 0.6 is 11.3 Å². The van der Waals surface area contributed by atoms with E-state index in [1.54, 1.807) is 0 Å². The van der Waals surface area contributed by atoms with Crippen LogP contribution in [0.25, 0.3) is 10.9 Å². The van der Waals surface area contributed by atoms with Crippen LogP contribution in [0.15, 0.2) is 35.7 Å². The van der Waals surface area contributed by atoms with Crippen LogP contribution in [0.5, 0.6) is 5.75 Å². The third-order valence-corrected chi connectivity index (χ3v) is 5.70. The summed E-state index contributed by atoms with van der Waals surface area (Å²) < 4.78 is 6.05. The molecule has 1 fully saturated rings. The molecule has 3 heterocycles. The van der Waals surface area contributed by atoms with Gasteiger partial charge in [-0.15, -0.1) is 11.3 Å². The molecule has 0 saturated carbocycles. The third kappa shape index (κ3) is 3.66. The summed E-state index contributed by atoms with van der Waals surface area (Å²) in [6, 6.07) is 9.36. The average Bonchev–Trinajstić information content (AvgIpc) is 3.20. The Balaban J connectivity index is 1.38. The van der Waals surface area contributed by atoms with E-state index in [0.717, 1.165) is 30.8 Å². The van der Waals surface area contributed by atoms with Gasteiger partial charge in [-0.05, 0) is 42.3 Å². The summed E-state index contributed by atoms with van der Waals surface area (Å²) in [7, 11) is 0. The molecule has 0 atom stereocenters. The van der Waals surface area contributed by atoms with Crippen LogP contribution < -0.4 is 16.2 Å². The van der Waals surface area contributed by atoms with Crippen molar-refractivity contribution in [2.75, 3.05) is 31.2 Å². The summed E-state index contributed by atoms with van der Waals surface area (Å²) in [4.78, 5) is 23.4. The molecule has 1 aliphatic heterocycles. The number of anilines is 2. The number of carbonyl (C=O) groups excluding carboxylic acids is 1. The lowest BCUT2D eigenvalue weighted by Crippen LogP contribution is -2.39. The Hall–Kier alpha value is -2.87. The minimum atomic E-state index is 0.126. The molecule has 4 rings (SSSR count). The van der Waals surface area contributed by atoms with E-state index < -0.39 is 0 Å². The monoisotopic (exact) mass is 383 g/mol. The highest BCUT2D eigenvalue weighted by Gasteiger charge is 2.24. The van der Waals surface area contributed by atoms with Gasteiger partial charge in [0.25, 0.3) is 5.91 Å². The number of hydrogen-bond donors (Lipinski definition) is 2. The Kier molecular flexibility index (Phi) is 4.81. The first-order chi connectivity index (χ1) is 13.1. The SMILES string of the molecule is Nc1nc(N)c2c(OCC3CCN(C(=O)c4cccs4)CC3)cccc2n1. The number of amides is 1. The molecule has 7 nitrogen and oxygen atoms in total.